The van der Waals surface area contributed by atoms with Crippen molar-refractivity contribution in [2.75, 3.05) is 31.1 Å². The average Bonchev–Trinajstić information content (AvgIpc) is 3.46. The fraction of sp³-hybridized carbons (Fsp3) is 0.458. The average molecular weight is 596 g/mol. The fourth-order valence-electron chi connectivity index (χ4n) is 4.27. The maximum atomic E-state index is 12.7. The Kier molecular flexibility index (Phi) is 10.5. The third-order valence-corrected chi connectivity index (χ3v) is 6.03. The first-order chi connectivity index (χ1) is 18.9. The van der Waals surface area contributed by atoms with Gasteiger partial charge in [-0.2, -0.15) is 26.3 Å². The van der Waals surface area contributed by atoms with E-state index in [1.807, 2.05) is 31.2 Å². The molecule has 1 spiro atoms. The van der Waals surface area contributed by atoms with Crippen molar-refractivity contribution in [2.24, 2.45) is 0 Å². The molecule has 226 valence electrons. The first kappa shape index (κ1) is 33.1. The Morgan fingerprint density at radius 3 is 2.05 bits per heavy atom. The number of anilines is 1. The Morgan fingerprint density at radius 1 is 1.02 bits per heavy atom. The quantitative estimate of drug-likeness (QED) is 0.511. The second kappa shape index (κ2) is 13.0. The monoisotopic (exact) mass is 596 g/mol. The smallest absolute Gasteiger partial charge is 0.475 e. The molecule has 11 nitrogen and oxygen atoms in total. The highest BCUT2D eigenvalue weighted by Gasteiger charge is 2.50. The number of aromatic nitrogens is 1. The molecule has 0 radical (unpaired) electrons. The lowest BCUT2D eigenvalue weighted by molar-refractivity contribution is -0.193. The van der Waals surface area contributed by atoms with Gasteiger partial charge in [0, 0.05) is 26.2 Å². The van der Waals surface area contributed by atoms with E-state index in [9.17, 15) is 35.9 Å². The van der Waals surface area contributed by atoms with Crippen LogP contribution in [0.5, 0.6) is 0 Å². The number of aryl methyl sites for hydroxylation is 1. The Balaban J connectivity index is 0.000000349. The highest BCUT2D eigenvalue weighted by atomic mass is 19.4. The molecule has 4 heterocycles. The molecule has 2 fully saturated rings. The molecule has 1 unspecified atom stereocenters. The number of carbonyl (C=O) groups excluding carboxylic acids is 2. The molecule has 0 saturated carbocycles. The van der Waals surface area contributed by atoms with Crippen molar-refractivity contribution in [3.63, 3.8) is 0 Å². The molecule has 2 amide bonds. The van der Waals surface area contributed by atoms with E-state index < -0.39 is 24.3 Å². The molecule has 41 heavy (non-hydrogen) atoms. The second-order valence-corrected chi connectivity index (χ2v) is 9.10. The van der Waals surface area contributed by atoms with Gasteiger partial charge in [0.2, 0.25) is 11.8 Å². The summed E-state index contributed by atoms with van der Waals surface area (Å²) in [4.78, 5) is 52.8. The molecule has 4 rings (SSSR count). The number of aliphatic carboxylic acids is 2. The Hall–Kier alpha value is -4.15. The van der Waals surface area contributed by atoms with Crippen LogP contribution in [0.2, 0.25) is 0 Å². The van der Waals surface area contributed by atoms with Crippen LogP contribution in [0, 0.1) is 6.92 Å². The summed E-state index contributed by atoms with van der Waals surface area (Å²) in [6.07, 6.45) is -5.94. The van der Waals surface area contributed by atoms with Gasteiger partial charge in [0.25, 0.3) is 0 Å². The number of pyridine rings is 1. The number of hydrogen-bond acceptors (Lipinski definition) is 7. The van der Waals surface area contributed by atoms with Crippen molar-refractivity contribution in [1.29, 1.82) is 0 Å². The maximum Gasteiger partial charge on any atom is 0.490 e. The summed E-state index contributed by atoms with van der Waals surface area (Å²) in [6, 6.07) is 7.68. The van der Waals surface area contributed by atoms with Crippen molar-refractivity contribution in [3.8, 4) is 0 Å². The Labute approximate surface area is 228 Å². The predicted molar refractivity (Wildman–Crippen MR) is 127 cm³/mol. The van der Waals surface area contributed by atoms with Crippen LogP contribution in [0.25, 0.3) is 0 Å². The molecule has 17 heteroatoms. The van der Waals surface area contributed by atoms with Gasteiger partial charge in [-0.1, -0.05) is 0 Å². The minimum Gasteiger partial charge on any atom is -0.475 e. The molecule has 1 atom stereocenters. The van der Waals surface area contributed by atoms with E-state index in [1.165, 1.54) is 0 Å². The molecule has 0 bridgehead atoms. The van der Waals surface area contributed by atoms with Crippen LogP contribution in [-0.4, -0.2) is 92.8 Å². The van der Waals surface area contributed by atoms with E-state index in [4.69, 9.17) is 24.2 Å². The predicted octanol–water partition coefficient (Wildman–Crippen LogP) is 3.09. The molecular formula is C24H26F6N4O7. The molecule has 2 saturated heterocycles. The number of furan rings is 1. The van der Waals surface area contributed by atoms with Gasteiger partial charge >= 0.3 is 24.3 Å². The van der Waals surface area contributed by atoms with Gasteiger partial charge in [-0.25, -0.2) is 9.59 Å². The van der Waals surface area contributed by atoms with Gasteiger partial charge in [-0.3, -0.25) is 19.5 Å². The van der Waals surface area contributed by atoms with Crippen LogP contribution >= 0.6 is 0 Å². The largest absolute Gasteiger partial charge is 0.490 e. The molecule has 2 aliphatic rings. The molecule has 2 aromatic heterocycles. The summed E-state index contributed by atoms with van der Waals surface area (Å²) in [5.74, 6) is -3.81. The standard InChI is InChI=1S/C20H24N4O3.2C2HF3O2/c1-15-5-6-18(27-15)11-22-9-7-20(13-22)14-23(17-4-3-8-21-10-17)19(26)12-24(20)16(2)25;2*3-2(4,5)1(6)7/h3-6,8,10H,7,9,11-14H2,1-2H3;2*(H,6,7). The van der Waals surface area contributed by atoms with Gasteiger partial charge in [-0.05, 0) is 37.6 Å². The highest BCUT2D eigenvalue weighted by molar-refractivity contribution is 5.98. The van der Waals surface area contributed by atoms with E-state index in [0.717, 1.165) is 36.7 Å². The molecule has 0 aromatic carbocycles. The minimum absolute atomic E-state index is 0.0510. The second-order valence-electron chi connectivity index (χ2n) is 9.10. The zero-order chi connectivity index (χ0) is 31.2. The summed E-state index contributed by atoms with van der Waals surface area (Å²) in [6.45, 7) is 6.37. The number of alkyl halides is 6. The topological polar surface area (TPSA) is 144 Å². The van der Waals surface area contributed by atoms with E-state index in [2.05, 4.69) is 9.88 Å². The van der Waals surface area contributed by atoms with Crippen molar-refractivity contribution in [2.45, 2.75) is 44.7 Å². The van der Waals surface area contributed by atoms with Crippen molar-refractivity contribution in [1.82, 2.24) is 14.8 Å². The van der Waals surface area contributed by atoms with Crippen molar-refractivity contribution >= 4 is 29.4 Å². The summed E-state index contributed by atoms with van der Waals surface area (Å²) >= 11 is 0. The van der Waals surface area contributed by atoms with Crippen LogP contribution in [-0.2, 0) is 25.7 Å². The van der Waals surface area contributed by atoms with Gasteiger partial charge in [0.1, 0.15) is 18.1 Å². The molecule has 0 aliphatic carbocycles. The number of rotatable bonds is 3. The number of piperazine rings is 1. The van der Waals surface area contributed by atoms with Crippen LogP contribution < -0.4 is 4.90 Å². The number of likely N-dealkylation sites (tertiary alicyclic amines) is 1. The third kappa shape index (κ3) is 9.19. The number of carboxylic acid groups (broad SMARTS) is 2. The molecule has 2 aliphatic heterocycles. The van der Waals surface area contributed by atoms with E-state index in [-0.39, 0.29) is 23.9 Å². The zero-order valence-electron chi connectivity index (χ0n) is 21.7. The molecular weight excluding hydrogens is 570 g/mol. The fourth-order valence-corrected chi connectivity index (χ4v) is 4.27. The summed E-state index contributed by atoms with van der Waals surface area (Å²) in [7, 11) is 0. The Bertz CT molecular complexity index is 1210. The zero-order valence-corrected chi connectivity index (χ0v) is 21.7. The van der Waals surface area contributed by atoms with E-state index in [0.29, 0.717) is 13.1 Å². The first-order valence-corrected chi connectivity index (χ1v) is 11.7. The summed E-state index contributed by atoms with van der Waals surface area (Å²) < 4.78 is 69.2. The lowest BCUT2D eigenvalue weighted by Crippen LogP contribution is -2.66. The van der Waals surface area contributed by atoms with Gasteiger partial charge in [0.05, 0.1) is 30.5 Å². The number of hydrogen-bond donors (Lipinski definition) is 2. The number of carbonyl (C=O) groups is 4. The van der Waals surface area contributed by atoms with Gasteiger partial charge in [-0.15, -0.1) is 0 Å². The van der Waals surface area contributed by atoms with Crippen molar-refractivity contribution < 1.29 is 60.2 Å². The van der Waals surface area contributed by atoms with E-state index in [1.54, 1.807) is 29.1 Å². The SMILES string of the molecule is CC(=O)N1CC(=O)N(c2cccnc2)CC12CCN(Cc1ccc(C)o1)C2.O=C(O)C(F)(F)F.O=C(O)C(F)(F)F. The lowest BCUT2D eigenvalue weighted by atomic mass is 9.92. The Morgan fingerprint density at radius 2 is 1.61 bits per heavy atom. The maximum absolute atomic E-state index is 12.7. The first-order valence-electron chi connectivity index (χ1n) is 11.7. The summed E-state index contributed by atoms with van der Waals surface area (Å²) in [5.41, 5.74) is 0.405. The summed E-state index contributed by atoms with van der Waals surface area (Å²) in [5, 5.41) is 14.2. The number of carboxylic acids is 2. The van der Waals surface area contributed by atoms with Gasteiger partial charge < -0.3 is 24.4 Å². The highest BCUT2D eigenvalue weighted by Crippen LogP contribution is 2.35. The minimum atomic E-state index is -5.08. The molecule has 2 N–H and O–H groups in total. The van der Waals surface area contributed by atoms with E-state index >= 15 is 0 Å². The number of nitrogens with zero attached hydrogens (tertiary/aromatic N) is 4. The number of amides is 2. The lowest BCUT2D eigenvalue weighted by Gasteiger charge is -2.48. The normalized spacial score (nSPS) is 19.3. The number of halogens is 6. The molecule has 2 aromatic rings. The van der Waals surface area contributed by atoms with Gasteiger partial charge in [0.15, 0.2) is 0 Å². The van der Waals surface area contributed by atoms with Crippen LogP contribution in [0.1, 0.15) is 24.9 Å². The third-order valence-electron chi connectivity index (χ3n) is 6.03. The van der Waals surface area contributed by atoms with Crippen molar-refractivity contribution in [3.05, 3.63) is 48.2 Å². The van der Waals surface area contributed by atoms with Crippen LogP contribution in [0.3, 0.4) is 0 Å². The van der Waals surface area contributed by atoms with Crippen LogP contribution in [0.4, 0.5) is 32.0 Å². The van der Waals surface area contributed by atoms with Crippen LogP contribution in [0.15, 0.2) is 41.1 Å².